The van der Waals surface area contributed by atoms with Crippen molar-refractivity contribution >= 4 is 22.5 Å². The van der Waals surface area contributed by atoms with Crippen LogP contribution in [0.2, 0.25) is 0 Å². The molecule has 0 atom stereocenters. The monoisotopic (exact) mass is 94.0 g/mol. The minimum absolute atomic E-state index is 0.853. The van der Waals surface area contributed by atoms with Gasteiger partial charge in [-0.3, -0.25) is 0 Å². The van der Waals surface area contributed by atoms with Crippen LogP contribution in [0.1, 0.15) is 0 Å². The van der Waals surface area contributed by atoms with Gasteiger partial charge in [0.05, 0.1) is 0 Å². The van der Waals surface area contributed by atoms with Gasteiger partial charge in [-0.2, -0.15) is 0 Å². The zero-order chi connectivity index (χ0) is 3.41. The summed E-state index contributed by atoms with van der Waals surface area (Å²) in [5.74, 6) is 0. The first kappa shape index (κ1) is 4.53. The summed E-state index contributed by atoms with van der Waals surface area (Å²) in [4.78, 5) is 0. The third kappa shape index (κ3) is 2.53. The SMILES string of the molecule is CSO[SiH3]. The molecule has 0 aliphatic rings. The van der Waals surface area contributed by atoms with Crippen molar-refractivity contribution in [1.29, 1.82) is 0 Å². The lowest BCUT2D eigenvalue weighted by molar-refractivity contribution is 0.729. The van der Waals surface area contributed by atoms with E-state index < -0.39 is 0 Å². The van der Waals surface area contributed by atoms with Gasteiger partial charge < -0.3 is 3.87 Å². The van der Waals surface area contributed by atoms with E-state index >= 15 is 0 Å². The van der Waals surface area contributed by atoms with E-state index in [1.165, 1.54) is 12.0 Å². The van der Waals surface area contributed by atoms with Crippen molar-refractivity contribution in [3.8, 4) is 0 Å². The fourth-order valence-corrected chi connectivity index (χ4v) is 0. The molecule has 0 aliphatic heterocycles. The molecule has 0 rings (SSSR count). The Morgan fingerprint density at radius 2 is 2.25 bits per heavy atom. The minimum Gasteiger partial charge on any atom is -0.369 e. The summed E-state index contributed by atoms with van der Waals surface area (Å²) in [6.45, 7) is 0. The molecule has 0 unspecified atom stereocenters. The van der Waals surface area contributed by atoms with E-state index in [-0.39, 0.29) is 0 Å². The summed E-state index contributed by atoms with van der Waals surface area (Å²) in [6.07, 6.45) is 1.91. The Labute approximate surface area is 33.5 Å². The van der Waals surface area contributed by atoms with Gasteiger partial charge in [-0.1, -0.05) is 0 Å². The molecule has 0 aliphatic carbocycles. The number of hydrogen-bond acceptors (Lipinski definition) is 2. The zero-order valence-electron chi connectivity index (χ0n) is 2.82. The van der Waals surface area contributed by atoms with E-state index in [9.17, 15) is 0 Å². The average Bonchev–Trinajstić information content (AvgIpc) is 1.37. The second kappa shape index (κ2) is 3.53. The summed E-state index contributed by atoms with van der Waals surface area (Å²) >= 11 is 1.42. The predicted molar refractivity (Wildman–Crippen MR) is 24.5 cm³/mol. The molecule has 0 aromatic heterocycles. The zero-order valence-corrected chi connectivity index (χ0v) is 5.63. The molecule has 0 saturated carbocycles. The van der Waals surface area contributed by atoms with Crippen LogP contribution in [0.25, 0.3) is 0 Å². The largest absolute Gasteiger partial charge is 0.369 e. The molecular weight excluding hydrogens is 88.2 g/mol. The van der Waals surface area contributed by atoms with Crippen LogP contribution in [0.15, 0.2) is 0 Å². The van der Waals surface area contributed by atoms with Gasteiger partial charge in [-0.15, -0.1) is 0 Å². The van der Waals surface area contributed by atoms with Gasteiger partial charge in [-0.25, -0.2) is 0 Å². The number of hydrogen-bond donors (Lipinski definition) is 0. The van der Waals surface area contributed by atoms with Crippen LogP contribution in [0, 0.1) is 0 Å². The summed E-state index contributed by atoms with van der Waals surface area (Å²) in [6, 6.07) is 0. The van der Waals surface area contributed by atoms with Gasteiger partial charge >= 0.3 is 0 Å². The van der Waals surface area contributed by atoms with E-state index in [2.05, 4.69) is 3.87 Å². The second-order valence-corrected chi connectivity index (χ2v) is 2.00. The molecule has 0 aromatic carbocycles. The normalized spacial score (nSPS) is 8.25. The molecule has 0 saturated heterocycles. The molecule has 0 aromatic rings. The lowest BCUT2D eigenvalue weighted by Crippen LogP contribution is -1.57. The highest BCUT2D eigenvalue weighted by Gasteiger charge is 1.51. The van der Waals surface area contributed by atoms with E-state index in [0.717, 1.165) is 10.5 Å². The Kier molecular flexibility index (Phi) is 3.99. The highest BCUT2D eigenvalue weighted by molar-refractivity contribution is 7.94. The van der Waals surface area contributed by atoms with E-state index in [1.807, 2.05) is 6.26 Å². The molecule has 0 bridgehead atoms. The lowest BCUT2D eigenvalue weighted by atomic mass is 12.0. The van der Waals surface area contributed by atoms with Crippen molar-refractivity contribution in [3.63, 3.8) is 0 Å². The maximum absolute atomic E-state index is 4.60. The van der Waals surface area contributed by atoms with Crippen molar-refractivity contribution in [1.82, 2.24) is 0 Å². The minimum atomic E-state index is 0.853. The van der Waals surface area contributed by atoms with Crippen molar-refractivity contribution < 1.29 is 3.87 Å². The molecule has 0 amide bonds. The van der Waals surface area contributed by atoms with Crippen molar-refractivity contribution in [2.45, 2.75) is 0 Å². The third-order valence-corrected chi connectivity index (χ3v) is 1.50. The summed E-state index contributed by atoms with van der Waals surface area (Å²) in [5.41, 5.74) is 0. The molecular formula is CH6OSSi. The molecule has 0 spiro atoms. The molecule has 3 heteroatoms. The Hall–Kier alpha value is 0.527. The molecule has 0 radical (unpaired) electrons. The first-order chi connectivity index (χ1) is 1.91. The maximum Gasteiger partial charge on any atom is 0.165 e. The maximum atomic E-state index is 4.60. The van der Waals surface area contributed by atoms with Crippen LogP contribution in [-0.4, -0.2) is 16.7 Å². The van der Waals surface area contributed by atoms with Gasteiger partial charge in [0.15, 0.2) is 10.5 Å². The van der Waals surface area contributed by atoms with Crippen LogP contribution >= 0.6 is 12.0 Å². The quantitative estimate of drug-likeness (QED) is 0.322. The summed E-state index contributed by atoms with van der Waals surface area (Å²) in [5, 5.41) is 0. The molecule has 4 heavy (non-hydrogen) atoms. The third-order valence-electron chi connectivity index (χ3n) is 0.167. The van der Waals surface area contributed by atoms with Crippen molar-refractivity contribution in [3.05, 3.63) is 0 Å². The van der Waals surface area contributed by atoms with Gasteiger partial charge in [0.2, 0.25) is 0 Å². The van der Waals surface area contributed by atoms with Crippen LogP contribution in [0.4, 0.5) is 0 Å². The highest BCUT2D eigenvalue weighted by Crippen LogP contribution is 1.83. The van der Waals surface area contributed by atoms with Crippen LogP contribution in [0.5, 0.6) is 0 Å². The number of rotatable bonds is 1. The van der Waals surface area contributed by atoms with Gasteiger partial charge in [0.25, 0.3) is 0 Å². The van der Waals surface area contributed by atoms with E-state index in [1.54, 1.807) is 0 Å². The van der Waals surface area contributed by atoms with Crippen molar-refractivity contribution in [2.24, 2.45) is 0 Å². The topological polar surface area (TPSA) is 9.23 Å². The predicted octanol–water partition coefficient (Wildman–Crippen LogP) is -0.439. The average molecular weight is 94.2 g/mol. The first-order valence-corrected chi connectivity index (χ1v) is 2.95. The highest BCUT2D eigenvalue weighted by atomic mass is 32.2. The van der Waals surface area contributed by atoms with Gasteiger partial charge in [0, 0.05) is 6.26 Å². The molecule has 0 fully saturated rings. The Morgan fingerprint density at radius 1 is 2.00 bits per heavy atom. The molecule has 0 N–H and O–H groups in total. The fraction of sp³-hybridized carbons (Fsp3) is 1.00. The molecule has 1 nitrogen and oxygen atoms in total. The lowest BCUT2D eigenvalue weighted by Gasteiger charge is -1.75. The Bertz CT molecular complexity index is 10.0. The summed E-state index contributed by atoms with van der Waals surface area (Å²) < 4.78 is 4.60. The van der Waals surface area contributed by atoms with Crippen LogP contribution in [-0.2, 0) is 3.87 Å². The smallest absolute Gasteiger partial charge is 0.165 e. The molecule has 26 valence electrons. The first-order valence-electron chi connectivity index (χ1n) is 0.983. The van der Waals surface area contributed by atoms with E-state index in [4.69, 9.17) is 0 Å². The summed E-state index contributed by atoms with van der Waals surface area (Å²) in [7, 11) is 0.853. The van der Waals surface area contributed by atoms with Crippen molar-refractivity contribution in [2.75, 3.05) is 6.26 Å². The fourth-order valence-electron chi connectivity index (χ4n) is 0. The second-order valence-electron chi connectivity index (χ2n) is 0.333. The van der Waals surface area contributed by atoms with Crippen LogP contribution in [0.3, 0.4) is 0 Å². The standard InChI is InChI=1S/CH6OSSi/c1-3-2-4/h1,4H3. The Morgan fingerprint density at radius 3 is 2.25 bits per heavy atom. The molecule has 0 heterocycles. The Balaban J connectivity index is 1.97. The van der Waals surface area contributed by atoms with Gasteiger partial charge in [0.1, 0.15) is 0 Å². The van der Waals surface area contributed by atoms with Crippen LogP contribution < -0.4 is 0 Å². The van der Waals surface area contributed by atoms with E-state index in [0.29, 0.717) is 0 Å². The van der Waals surface area contributed by atoms with Gasteiger partial charge in [-0.05, 0) is 12.0 Å².